The van der Waals surface area contributed by atoms with Gasteiger partial charge in [-0.05, 0) is 24.5 Å². The van der Waals surface area contributed by atoms with Crippen molar-refractivity contribution in [1.29, 1.82) is 0 Å². The van der Waals surface area contributed by atoms with Crippen LogP contribution in [0.25, 0.3) is 0 Å². The van der Waals surface area contributed by atoms with E-state index in [0.717, 1.165) is 10.6 Å². The highest BCUT2D eigenvalue weighted by atomic mass is 32.2. The highest BCUT2D eigenvalue weighted by Gasteiger charge is 2.09. The van der Waals surface area contributed by atoms with Gasteiger partial charge in [0.05, 0.1) is 5.69 Å². The molecule has 5 heteroatoms. The molecule has 1 unspecified atom stereocenters. The van der Waals surface area contributed by atoms with Gasteiger partial charge in [0.25, 0.3) is 0 Å². The molecular weight excluding hydrogens is 272 g/mol. The van der Waals surface area contributed by atoms with Crippen LogP contribution in [0.15, 0.2) is 29.2 Å². The van der Waals surface area contributed by atoms with Gasteiger partial charge in [-0.2, -0.15) is 0 Å². The zero-order valence-corrected chi connectivity index (χ0v) is 13.2. The van der Waals surface area contributed by atoms with Crippen LogP contribution in [0.1, 0.15) is 27.2 Å². The molecule has 0 aliphatic heterocycles. The fraction of sp³-hybridized carbons (Fsp3) is 0.533. The van der Waals surface area contributed by atoms with Gasteiger partial charge in [-0.3, -0.25) is 0 Å². The number of anilines is 1. The molecule has 0 aromatic heterocycles. The third-order valence-electron chi connectivity index (χ3n) is 2.73. The molecule has 1 aromatic carbocycles. The molecule has 4 nitrogen and oxygen atoms in total. The number of nitrogens with one attached hydrogen (secondary N) is 2. The van der Waals surface area contributed by atoms with E-state index in [1.165, 1.54) is 0 Å². The molecule has 112 valence electrons. The lowest BCUT2D eigenvalue weighted by Crippen LogP contribution is -2.32. The Morgan fingerprint density at radius 1 is 1.30 bits per heavy atom. The second kappa shape index (κ2) is 8.87. The first-order valence-electron chi connectivity index (χ1n) is 6.94. The van der Waals surface area contributed by atoms with Gasteiger partial charge < -0.3 is 15.7 Å². The fourth-order valence-corrected chi connectivity index (χ4v) is 2.59. The van der Waals surface area contributed by atoms with Gasteiger partial charge in [0.2, 0.25) is 0 Å². The molecule has 0 bridgehead atoms. The van der Waals surface area contributed by atoms with Gasteiger partial charge in [-0.25, -0.2) is 4.79 Å². The number of aliphatic hydroxyl groups excluding tert-OH is 1. The van der Waals surface area contributed by atoms with Crippen LogP contribution in [0.3, 0.4) is 0 Å². The molecule has 0 spiro atoms. The third kappa shape index (κ3) is 6.30. The summed E-state index contributed by atoms with van der Waals surface area (Å²) in [7, 11) is 0. The first-order valence-corrected chi connectivity index (χ1v) is 7.82. The quantitative estimate of drug-likeness (QED) is 0.676. The monoisotopic (exact) mass is 296 g/mol. The predicted molar refractivity (Wildman–Crippen MR) is 85.3 cm³/mol. The molecule has 0 aliphatic rings. The van der Waals surface area contributed by atoms with Crippen LogP contribution in [0.5, 0.6) is 0 Å². The van der Waals surface area contributed by atoms with E-state index >= 15 is 0 Å². The molecule has 2 amide bonds. The number of urea groups is 1. The lowest BCUT2D eigenvalue weighted by molar-refractivity contribution is 0.243. The first kappa shape index (κ1) is 16.9. The summed E-state index contributed by atoms with van der Waals surface area (Å²) in [4.78, 5) is 12.9. The number of carbonyl (C=O) groups is 1. The number of hydrogen-bond donors (Lipinski definition) is 3. The predicted octanol–water partition coefficient (Wildman–Crippen LogP) is 3.33. The second-order valence-electron chi connectivity index (χ2n) is 5.12. The normalized spacial score (nSPS) is 12.2. The smallest absolute Gasteiger partial charge is 0.319 e. The van der Waals surface area contributed by atoms with Crippen LogP contribution in [0, 0.1) is 5.92 Å². The summed E-state index contributed by atoms with van der Waals surface area (Å²) in [5.74, 6) is 0.269. The number of benzene rings is 1. The van der Waals surface area contributed by atoms with Crippen molar-refractivity contribution in [2.45, 2.75) is 37.3 Å². The van der Waals surface area contributed by atoms with Crippen molar-refractivity contribution in [2.75, 3.05) is 18.5 Å². The summed E-state index contributed by atoms with van der Waals surface area (Å²) in [6.07, 6.45) is 0.695. The molecule has 20 heavy (non-hydrogen) atoms. The summed E-state index contributed by atoms with van der Waals surface area (Å²) in [6, 6.07) is 7.59. The minimum Gasteiger partial charge on any atom is -0.396 e. The number of aliphatic hydroxyl groups is 1. The standard InChI is InChI=1S/C15H24N2O2S/c1-11(2)20-14-7-5-4-6-13(14)17-15(19)16-10-12(3)8-9-18/h4-7,11-12,18H,8-10H2,1-3H3,(H2,16,17,19). The van der Waals surface area contributed by atoms with Crippen molar-refractivity contribution in [3.05, 3.63) is 24.3 Å². The fourth-order valence-electron chi connectivity index (χ4n) is 1.68. The molecule has 0 aliphatic carbocycles. The summed E-state index contributed by atoms with van der Waals surface area (Å²) in [6.45, 7) is 6.96. The van der Waals surface area contributed by atoms with Crippen LogP contribution in [0.2, 0.25) is 0 Å². The molecular formula is C15H24N2O2S. The summed E-state index contributed by atoms with van der Waals surface area (Å²) in [5.41, 5.74) is 0.832. The number of thioether (sulfide) groups is 1. The molecule has 1 aromatic rings. The van der Waals surface area contributed by atoms with Crippen LogP contribution < -0.4 is 10.6 Å². The van der Waals surface area contributed by atoms with Crippen molar-refractivity contribution in [2.24, 2.45) is 5.92 Å². The maximum absolute atomic E-state index is 11.9. The van der Waals surface area contributed by atoms with Gasteiger partial charge in [0.15, 0.2) is 0 Å². The summed E-state index contributed by atoms with van der Waals surface area (Å²) in [5, 5.41) is 15.0. The third-order valence-corrected chi connectivity index (χ3v) is 3.81. The van der Waals surface area contributed by atoms with E-state index in [2.05, 4.69) is 24.5 Å². The largest absolute Gasteiger partial charge is 0.396 e. The van der Waals surface area contributed by atoms with Crippen molar-refractivity contribution in [3.8, 4) is 0 Å². The van der Waals surface area contributed by atoms with E-state index in [9.17, 15) is 4.79 Å². The van der Waals surface area contributed by atoms with E-state index in [0.29, 0.717) is 18.2 Å². The Labute approximate surface area is 125 Å². The van der Waals surface area contributed by atoms with Crippen molar-refractivity contribution in [1.82, 2.24) is 5.32 Å². The van der Waals surface area contributed by atoms with E-state index in [1.807, 2.05) is 31.2 Å². The van der Waals surface area contributed by atoms with Crippen molar-refractivity contribution < 1.29 is 9.90 Å². The zero-order chi connectivity index (χ0) is 15.0. The van der Waals surface area contributed by atoms with Gasteiger partial charge in [-0.1, -0.05) is 32.9 Å². The Hall–Kier alpha value is -1.20. The zero-order valence-electron chi connectivity index (χ0n) is 12.3. The SMILES string of the molecule is CC(CCO)CNC(=O)Nc1ccccc1SC(C)C. The maximum Gasteiger partial charge on any atom is 0.319 e. The topological polar surface area (TPSA) is 61.4 Å². The van der Waals surface area contributed by atoms with Crippen LogP contribution in [0.4, 0.5) is 10.5 Å². The van der Waals surface area contributed by atoms with Gasteiger partial charge >= 0.3 is 6.03 Å². The summed E-state index contributed by atoms with van der Waals surface area (Å²) < 4.78 is 0. The van der Waals surface area contributed by atoms with Crippen molar-refractivity contribution in [3.63, 3.8) is 0 Å². The molecule has 0 saturated heterocycles. The van der Waals surface area contributed by atoms with E-state index in [-0.39, 0.29) is 18.6 Å². The Morgan fingerprint density at radius 2 is 2.00 bits per heavy atom. The number of hydrogen-bond acceptors (Lipinski definition) is 3. The molecule has 0 heterocycles. The van der Waals surface area contributed by atoms with E-state index in [4.69, 9.17) is 5.11 Å². The molecule has 0 saturated carbocycles. The average Bonchev–Trinajstić information content (AvgIpc) is 2.38. The lowest BCUT2D eigenvalue weighted by Gasteiger charge is -2.14. The summed E-state index contributed by atoms with van der Waals surface area (Å²) >= 11 is 1.72. The van der Waals surface area contributed by atoms with E-state index in [1.54, 1.807) is 11.8 Å². The van der Waals surface area contributed by atoms with Gasteiger partial charge in [-0.15, -0.1) is 11.8 Å². The van der Waals surface area contributed by atoms with Gasteiger partial charge in [0, 0.05) is 23.3 Å². The minimum atomic E-state index is -0.202. The molecule has 1 rings (SSSR count). The highest BCUT2D eigenvalue weighted by Crippen LogP contribution is 2.29. The Bertz CT molecular complexity index is 424. The lowest BCUT2D eigenvalue weighted by atomic mass is 10.1. The molecule has 1 atom stereocenters. The molecule has 3 N–H and O–H groups in total. The average molecular weight is 296 g/mol. The van der Waals surface area contributed by atoms with Crippen LogP contribution >= 0.6 is 11.8 Å². The van der Waals surface area contributed by atoms with Crippen LogP contribution in [-0.4, -0.2) is 29.5 Å². The van der Waals surface area contributed by atoms with Crippen molar-refractivity contribution >= 4 is 23.5 Å². The van der Waals surface area contributed by atoms with E-state index < -0.39 is 0 Å². The van der Waals surface area contributed by atoms with Gasteiger partial charge in [0.1, 0.15) is 0 Å². The number of para-hydroxylation sites is 1. The maximum atomic E-state index is 11.9. The molecule has 0 fully saturated rings. The minimum absolute atomic E-state index is 0.151. The number of amides is 2. The number of rotatable bonds is 7. The Kier molecular flexibility index (Phi) is 7.47. The Balaban J connectivity index is 2.53. The first-order chi connectivity index (χ1) is 9.52. The molecule has 0 radical (unpaired) electrons. The Morgan fingerprint density at radius 3 is 2.65 bits per heavy atom. The second-order valence-corrected chi connectivity index (χ2v) is 6.73. The highest BCUT2D eigenvalue weighted by molar-refractivity contribution is 8.00. The van der Waals surface area contributed by atoms with Crippen LogP contribution in [-0.2, 0) is 0 Å². The number of carbonyl (C=O) groups excluding carboxylic acids is 1.